The van der Waals surface area contributed by atoms with Gasteiger partial charge in [0.15, 0.2) is 6.61 Å². The van der Waals surface area contributed by atoms with Crippen molar-refractivity contribution in [2.75, 3.05) is 18.5 Å². The van der Waals surface area contributed by atoms with Crippen molar-refractivity contribution < 1.29 is 28.7 Å². The van der Waals surface area contributed by atoms with E-state index in [1.807, 2.05) is 0 Å². The highest BCUT2D eigenvalue weighted by Crippen LogP contribution is 2.37. The molecule has 0 saturated carbocycles. The van der Waals surface area contributed by atoms with Crippen LogP contribution < -0.4 is 11.1 Å². The quantitative estimate of drug-likeness (QED) is 0.581. The lowest BCUT2D eigenvalue weighted by atomic mass is 9.95. The molecule has 0 aliphatic heterocycles. The predicted molar refractivity (Wildman–Crippen MR) is 119 cm³/mol. The van der Waals surface area contributed by atoms with Gasteiger partial charge in [0.2, 0.25) is 0 Å². The molecule has 172 valence electrons. The third-order valence-electron chi connectivity index (χ3n) is 5.39. The summed E-state index contributed by atoms with van der Waals surface area (Å²) in [7, 11) is 0. The maximum Gasteiger partial charge on any atom is 0.339 e. The van der Waals surface area contributed by atoms with E-state index >= 15 is 0 Å². The molecule has 0 bridgehead atoms. The average molecular weight is 462 g/mol. The number of ether oxygens (including phenoxy) is 2. The number of carbonyl (C=O) groups excluding carboxylic acids is 4. The van der Waals surface area contributed by atoms with Crippen LogP contribution in [0.15, 0.2) is 6.07 Å². The van der Waals surface area contributed by atoms with Crippen LogP contribution in [0.25, 0.3) is 0 Å². The molecule has 2 aromatic rings. The number of amides is 2. The number of aromatic nitrogens is 1. The molecule has 1 aliphatic carbocycles. The molecular weight excluding hydrogens is 434 g/mol. The lowest BCUT2D eigenvalue weighted by Gasteiger charge is -2.11. The standard InChI is InChI=1S/C22H27N3O6S/c1-4-30-22(29)15-9-12(2)25(13(15)3)10-18(27)31-11-17(26)24-21-19(20(23)28)14-7-5-6-8-16(14)32-21/h9H,4-8,10-11H2,1-3H3,(H2,23,28)(H,24,26). The number of aryl methyl sites for hydroxylation is 2. The number of hydrogen-bond donors (Lipinski definition) is 2. The summed E-state index contributed by atoms with van der Waals surface area (Å²) in [4.78, 5) is 49.7. The Morgan fingerprint density at radius 3 is 2.56 bits per heavy atom. The zero-order valence-electron chi connectivity index (χ0n) is 18.4. The summed E-state index contributed by atoms with van der Waals surface area (Å²) in [5.41, 5.74) is 8.47. The maximum absolute atomic E-state index is 12.4. The van der Waals surface area contributed by atoms with Crippen LogP contribution in [-0.4, -0.2) is 41.5 Å². The van der Waals surface area contributed by atoms with E-state index in [4.69, 9.17) is 15.2 Å². The minimum atomic E-state index is -0.627. The molecule has 10 heteroatoms. The first-order chi connectivity index (χ1) is 15.2. The molecular formula is C22H27N3O6S. The molecule has 0 radical (unpaired) electrons. The van der Waals surface area contributed by atoms with Crippen molar-refractivity contribution in [2.45, 2.75) is 53.0 Å². The number of carbonyl (C=O) groups is 4. The molecule has 0 fully saturated rings. The summed E-state index contributed by atoms with van der Waals surface area (Å²) in [5, 5.41) is 3.06. The number of anilines is 1. The van der Waals surface area contributed by atoms with Crippen LogP contribution >= 0.6 is 11.3 Å². The highest BCUT2D eigenvalue weighted by Gasteiger charge is 2.25. The fraction of sp³-hybridized carbons (Fsp3) is 0.455. The Bertz CT molecular complexity index is 1070. The van der Waals surface area contributed by atoms with Gasteiger partial charge in [-0.25, -0.2) is 4.79 Å². The second-order valence-electron chi connectivity index (χ2n) is 7.58. The summed E-state index contributed by atoms with van der Waals surface area (Å²) in [6.45, 7) is 4.80. The molecule has 2 heterocycles. The number of thiophene rings is 1. The van der Waals surface area contributed by atoms with E-state index in [0.29, 0.717) is 27.5 Å². The van der Waals surface area contributed by atoms with E-state index < -0.39 is 30.4 Å². The van der Waals surface area contributed by atoms with Crippen molar-refractivity contribution in [1.82, 2.24) is 4.57 Å². The third kappa shape index (κ3) is 5.01. The topological polar surface area (TPSA) is 130 Å². The van der Waals surface area contributed by atoms with Gasteiger partial charge in [-0.2, -0.15) is 0 Å². The molecule has 1 aliphatic rings. The number of rotatable bonds is 8. The molecule has 2 amide bonds. The smallest absolute Gasteiger partial charge is 0.339 e. The van der Waals surface area contributed by atoms with E-state index in [-0.39, 0.29) is 13.2 Å². The van der Waals surface area contributed by atoms with Gasteiger partial charge in [0.05, 0.1) is 17.7 Å². The molecule has 0 spiro atoms. The Kier molecular flexibility index (Phi) is 7.34. The summed E-state index contributed by atoms with van der Waals surface area (Å²) >= 11 is 1.35. The van der Waals surface area contributed by atoms with E-state index in [0.717, 1.165) is 36.1 Å². The van der Waals surface area contributed by atoms with E-state index in [1.54, 1.807) is 31.4 Å². The minimum absolute atomic E-state index is 0.149. The van der Waals surface area contributed by atoms with Crippen molar-refractivity contribution in [1.29, 1.82) is 0 Å². The SMILES string of the molecule is CCOC(=O)c1cc(C)n(CC(=O)OCC(=O)Nc2sc3c(c2C(N)=O)CCCC3)c1C. The third-order valence-corrected chi connectivity index (χ3v) is 6.60. The molecule has 0 unspecified atom stereocenters. The van der Waals surface area contributed by atoms with Crippen LogP contribution in [0.5, 0.6) is 0 Å². The first kappa shape index (κ1) is 23.5. The average Bonchev–Trinajstić information content (AvgIpc) is 3.24. The summed E-state index contributed by atoms with van der Waals surface area (Å²) in [5.74, 6) is -2.21. The number of nitrogens with one attached hydrogen (secondary N) is 1. The minimum Gasteiger partial charge on any atom is -0.462 e. The Labute approximate surface area is 189 Å². The van der Waals surface area contributed by atoms with Crippen LogP contribution in [0.4, 0.5) is 5.00 Å². The van der Waals surface area contributed by atoms with Crippen molar-refractivity contribution >= 4 is 40.1 Å². The summed E-state index contributed by atoms with van der Waals surface area (Å²) in [6.07, 6.45) is 3.63. The fourth-order valence-electron chi connectivity index (χ4n) is 3.86. The zero-order valence-corrected chi connectivity index (χ0v) is 19.2. The van der Waals surface area contributed by atoms with Crippen LogP contribution in [0.3, 0.4) is 0 Å². The summed E-state index contributed by atoms with van der Waals surface area (Å²) < 4.78 is 11.8. The van der Waals surface area contributed by atoms with E-state index in [1.165, 1.54) is 11.3 Å². The van der Waals surface area contributed by atoms with Gasteiger partial charge in [0.25, 0.3) is 11.8 Å². The fourth-order valence-corrected chi connectivity index (χ4v) is 5.17. The number of nitrogens with two attached hydrogens (primary N) is 1. The van der Waals surface area contributed by atoms with Gasteiger partial charge in [-0.1, -0.05) is 0 Å². The second-order valence-corrected chi connectivity index (χ2v) is 8.68. The lowest BCUT2D eigenvalue weighted by molar-refractivity contribution is -0.147. The molecule has 3 rings (SSSR count). The molecule has 0 aromatic carbocycles. The van der Waals surface area contributed by atoms with E-state index in [9.17, 15) is 19.2 Å². The Morgan fingerprint density at radius 2 is 1.88 bits per heavy atom. The Morgan fingerprint density at radius 1 is 1.16 bits per heavy atom. The monoisotopic (exact) mass is 461 g/mol. The molecule has 32 heavy (non-hydrogen) atoms. The van der Waals surface area contributed by atoms with Crippen LogP contribution in [0.1, 0.15) is 62.3 Å². The van der Waals surface area contributed by atoms with Crippen molar-refractivity contribution in [3.8, 4) is 0 Å². The number of esters is 2. The van der Waals surface area contributed by atoms with Crippen LogP contribution in [0, 0.1) is 13.8 Å². The first-order valence-electron chi connectivity index (χ1n) is 10.5. The number of fused-ring (bicyclic) bond motifs is 1. The van der Waals surface area contributed by atoms with Gasteiger partial charge in [0.1, 0.15) is 11.5 Å². The van der Waals surface area contributed by atoms with Gasteiger partial charge in [-0.3, -0.25) is 14.4 Å². The number of hydrogen-bond acceptors (Lipinski definition) is 7. The maximum atomic E-state index is 12.4. The van der Waals surface area contributed by atoms with Gasteiger partial charge >= 0.3 is 11.9 Å². The van der Waals surface area contributed by atoms with Crippen molar-refractivity contribution in [3.05, 3.63) is 39.0 Å². The van der Waals surface area contributed by atoms with Crippen LogP contribution in [-0.2, 0) is 38.4 Å². The highest BCUT2D eigenvalue weighted by molar-refractivity contribution is 7.17. The highest BCUT2D eigenvalue weighted by atomic mass is 32.1. The van der Waals surface area contributed by atoms with Crippen molar-refractivity contribution in [2.24, 2.45) is 5.73 Å². The van der Waals surface area contributed by atoms with Crippen molar-refractivity contribution in [3.63, 3.8) is 0 Å². The molecule has 9 nitrogen and oxygen atoms in total. The van der Waals surface area contributed by atoms with Gasteiger partial charge in [-0.05, 0) is 58.1 Å². The van der Waals surface area contributed by atoms with Gasteiger partial charge < -0.3 is 25.1 Å². The lowest BCUT2D eigenvalue weighted by Crippen LogP contribution is -2.24. The first-order valence-corrected chi connectivity index (χ1v) is 11.3. The Balaban J connectivity index is 1.61. The van der Waals surface area contributed by atoms with Crippen LogP contribution in [0.2, 0.25) is 0 Å². The zero-order chi connectivity index (χ0) is 23.4. The van der Waals surface area contributed by atoms with E-state index in [2.05, 4.69) is 5.32 Å². The normalized spacial score (nSPS) is 12.7. The second kappa shape index (κ2) is 9.99. The molecule has 0 saturated heterocycles. The summed E-state index contributed by atoms with van der Waals surface area (Å²) in [6, 6.07) is 1.65. The largest absolute Gasteiger partial charge is 0.462 e. The predicted octanol–water partition coefficient (Wildman–Crippen LogP) is 2.50. The number of nitrogens with zero attached hydrogens (tertiary/aromatic N) is 1. The number of primary amides is 1. The molecule has 3 N–H and O–H groups in total. The Hall–Kier alpha value is -3.14. The van der Waals surface area contributed by atoms with Gasteiger partial charge in [0, 0.05) is 16.3 Å². The van der Waals surface area contributed by atoms with Gasteiger partial charge in [-0.15, -0.1) is 11.3 Å². The molecule has 2 aromatic heterocycles. The molecule has 0 atom stereocenters.